The number of likely N-dealkylation sites (N-methyl/N-ethyl adjacent to an activating group) is 1. The zero-order valence-electron chi connectivity index (χ0n) is 34.9. The van der Waals surface area contributed by atoms with Crippen LogP contribution in [0, 0.1) is 17.8 Å². The number of benzene rings is 2. The van der Waals surface area contributed by atoms with Crippen molar-refractivity contribution >= 4 is 41.0 Å². The number of carboxylic acid groups (broad SMARTS) is 1. The molecule has 0 aliphatic carbocycles. The molecule has 4 N–H and O–H groups in total. The minimum atomic E-state index is -0.987. The van der Waals surface area contributed by atoms with E-state index in [1.165, 1.54) is 19.1 Å². The number of aromatic nitrogens is 1. The summed E-state index contributed by atoms with van der Waals surface area (Å²) < 4.78 is 5.90. The maximum absolute atomic E-state index is 15.0. The molecule has 1 aliphatic heterocycles. The fourth-order valence-electron chi connectivity index (χ4n) is 7.47. The van der Waals surface area contributed by atoms with Crippen molar-refractivity contribution in [2.45, 2.75) is 123 Å². The van der Waals surface area contributed by atoms with Crippen molar-refractivity contribution in [2.75, 3.05) is 13.6 Å². The van der Waals surface area contributed by atoms with Gasteiger partial charge >= 0.3 is 11.9 Å². The van der Waals surface area contributed by atoms with Crippen LogP contribution in [-0.2, 0) is 36.9 Å². The summed E-state index contributed by atoms with van der Waals surface area (Å²) in [5.41, 5.74) is 1.79. The zero-order chi connectivity index (χ0) is 42.5. The third-order valence-corrected chi connectivity index (χ3v) is 12.0. The Bertz CT molecular complexity index is 1820. The first-order valence-corrected chi connectivity index (χ1v) is 21.2. The molecule has 316 valence electrons. The summed E-state index contributed by atoms with van der Waals surface area (Å²) in [6.07, 6.45) is 3.11. The first-order valence-electron chi connectivity index (χ1n) is 20.4. The number of ether oxygens (including phenoxy) is 1. The monoisotopic (exact) mass is 819 g/mol. The Balaban J connectivity index is 1.64. The molecule has 0 radical (unpaired) electrons. The van der Waals surface area contributed by atoms with Gasteiger partial charge in [-0.05, 0) is 74.4 Å². The molecule has 3 aromatic rings. The van der Waals surface area contributed by atoms with E-state index in [1.807, 2.05) is 70.0 Å². The van der Waals surface area contributed by atoms with E-state index in [2.05, 4.69) is 15.6 Å². The molecule has 2 aromatic carbocycles. The SMILES string of the molecule is CC[C@H](C)[C@H](NC(=O)[C@H]1CCCCN1C)C(=O)N(Cc1ccccc1)[C@H](C[C@@H](OC(C)=O)c1nc(C(=O)N[C@@H](Cc2ccc(O)cc2)C[C@H](C)C(=O)O)cs1)C(C)C. The minimum absolute atomic E-state index is 0.0846. The fourth-order valence-corrected chi connectivity index (χ4v) is 8.31. The lowest BCUT2D eigenvalue weighted by Gasteiger charge is -2.40. The van der Waals surface area contributed by atoms with Crippen LogP contribution in [0.1, 0.15) is 113 Å². The first kappa shape index (κ1) is 45.9. The van der Waals surface area contributed by atoms with Crippen molar-refractivity contribution in [2.24, 2.45) is 17.8 Å². The highest BCUT2D eigenvalue weighted by Crippen LogP contribution is 2.32. The molecule has 1 aromatic heterocycles. The highest BCUT2D eigenvalue weighted by molar-refractivity contribution is 7.09. The summed E-state index contributed by atoms with van der Waals surface area (Å²) in [7, 11) is 1.94. The Morgan fingerprint density at radius 2 is 1.66 bits per heavy atom. The quantitative estimate of drug-likeness (QED) is 0.0938. The minimum Gasteiger partial charge on any atom is -0.508 e. The fraction of sp³-hybridized carbons (Fsp3) is 0.545. The molecule has 2 heterocycles. The predicted molar refractivity (Wildman–Crippen MR) is 223 cm³/mol. The topological polar surface area (TPSA) is 178 Å². The van der Waals surface area contributed by atoms with E-state index >= 15 is 0 Å². The van der Waals surface area contributed by atoms with Crippen LogP contribution in [0.2, 0.25) is 0 Å². The molecule has 3 amide bonds. The molecule has 14 heteroatoms. The number of piperidine rings is 1. The zero-order valence-corrected chi connectivity index (χ0v) is 35.7. The van der Waals surface area contributed by atoms with Crippen molar-refractivity contribution in [3.63, 3.8) is 0 Å². The largest absolute Gasteiger partial charge is 0.508 e. The molecule has 1 aliphatic rings. The summed E-state index contributed by atoms with van der Waals surface area (Å²) in [5.74, 6) is -3.36. The number of esters is 1. The number of carboxylic acids is 1. The number of phenolic OH excluding ortho intramolecular Hbond substituents is 1. The van der Waals surface area contributed by atoms with E-state index < -0.39 is 48.0 Å². The predicted octanol–water partition coefficient (Wildman–Crippen LogP) is 6.36. The smallest absolute Gasteiger partial charge is 0.306 e. The van der Waals surface area contributed by atoms with Crippen LogP contribution >= 0.6 is 11.3 Å². The standard InChI is InChI=1S/C44H61N5O8S/c1-8-28(4)39(47-41(53)36-16-12-13-21-48(36)7)43(54)49(25-32-14-10-9-11-15-32)37(27(2)3)24-38(57-30(6)50)42-46-35(26-58-42)40(52)45-33(22-29(5)44(55)56)23-31-17-19-34(51)20-18-31/h9-11,14-15,17-20,26-29,33,36-39,51H,8,12-13,16,21-25H2,1-7H3,(H,45,52)(H,47,53)(H,55,56)/t28-,29-,33+,36+,37+,38+,39-/m0/s1. The number of carbonyl (C=O) groups is 5. The number of rotatable bonds is 20. The van der Waals surface area contributed by atoms with Gasteiger partial charge in [0.15, 0.2) is 6.10 Å². The number of nitrogens with zero attached hydrogens (tertiary/aromatic N) is 3. The normalized spacial score (nSPS) is 17.6. The average Bonchev–Trinajstić information content (AvgIpc) is 3.69. The van der Waals surface area contributed by atoms with Crippen molar-refractivity contribution in [1.82, 2.24) is 25.4 Å². The van der Waals surface area contributed by atoms with E-state index in [9.17, 15) is 34.2 Å². The maximum Gasteiger partial charge on any atom is 0.306 e. The lowest BCUT2D eigenvalue weighted by atomic mass is 9.91. The average molecular weight is 820 g/mol. The first-order chi connectivity index (χ1) is 27.6. The molecule has 4 rings (SSSR count). The Labute approximate surface area is 346 Å². The van der Waals surface area contributed by atoms with Gasteiger partial charge in [0.2, 0.25) is 11.8 Å². The van der Waals surface area contributed by atoms with Crippen LogP contribution < -0.4 is 10.6 Å². The third-order valence-electron chi connectivity index (χ3n) is 11.1. The molecule has 0 bridgehead atoms. The number of phenols is 1. The van der Waals surface area contributed by atoms with E-state index in [0.717, 1.165) is 48.3 Å². The molecular weight excluding hydrogens is 759 g/mol. The molecule has 0 unspecified atom stereocenters. The summed E-state index contributed by atoms with van der Waals surface area (Å²) >= 11 is 1.16. The van der Waals surface area contributed by atoms with Crippen LogP contribution in [-0.4, -0.2) is 92.4 Å². The number of hydrogen-bond acceptors (Lipinski definition) is 10. The lowest BCUT2D eigenvalue weighted by molar-refractivity contribution is -0.150. The van der Waals surface area contributed by atoms with Gasteiger partial charge in [0.25, 0.3) is 5.91 Å². The Morgan fingerprint density at radius 1 is 0.966 bits per heavy atom. The second-order valence-corrected chi connectivity index (χ2v) is 16.9. The summed E-state index contributed by atoms with van der Waals surface area (Å²) in [4.78, 5) is 75.3. The summed E-state index contributed by atoms with van der Waals surface area (Å²) in [5, 5.41) is 27.4. The third kappa shape index (κ3) is 13.1. The number of carbonyl (C=O) groups excluding carboxylic acids is 4. The van der Waals surface area contributed by atoms with Gasteiger partial charge < -0.3 is 30.5 Å². The molecule has 13 nitrogen and oxygen atoms in total. The van der Waals surface area contributed by atoms with Gasteiger partial charge in [-0.3, -0.25) is 28.9 Å². The van der Waals surface area contributed by atoms with Gasteiger partial charge in [0.05, 0.1) is 12.0 Å². The molecule has 58 heavy (non-hydrogen) atoms. The molecule has 7 atom stereocenters. The Kier molecular flexibility index (Phi) is 17.2. The molecule has 1 fully saturated rings. The number of likely N-dealkylation sites (tertiary alicyclic amines) is 1. The molecular formula is C44H61N5O8S. The highest BCUT2D eigenvalue weighted by Gasteiger charge is 2.39. The van der Waals surface area contributed by atoms with Crippen molar-refractivity contribution in [3.8, 4) is 5.75 Å². The van der Waals surface area contributed by atoms with E-state index in [-0.39, 0.29) is 60.5 Å². The molecule has 1 saturated heterocycles. The number of thiazole rings is 1. The highest BCUT2D eigenvalue weighted by atomic mass is 32.1. The van der Waals surface area contributed by atoms with E-state index in [0.29, 0.717) is 17.8 Å². The molecule has 0 spiro atoms. The van der Waals surface area contributed by atoms with Gasteiger partial charge in [0.1, 0.15) is 22.5 Å². The van der Waals surface area contributed by atoms with Gasteiger partial charge in [-0.25, -0.2) is 4.98 Å². The van der Waals surface area contributed by atoms with Crippen LogP contribution in [0.25, 0.3) is 0 Å². The maximum atomic E-state index is 15.0. The second-order valence-electron chi connectivity index (χ2n) is 16.0. The second kappa shape index (κ2) is 21.8. The van der Waals surface area contributed by atoms with Gasteiger partial charge in [-0.1, -0.05) is 89.9 Å². The number of nitrogens with one attached hydrogen (secondary N) is 2. The van der Waals surface area contributed by atoms with Crippen LogP contribution in [0.15, 0.2) is 60.0 Å². The summed E-state index contributed by atoms with van der Waals surface area (Å²) in [6, 6.07) is 14.0. The molecule has 0 saturated carbocycles. The van der Waals surface area contributed by atoms with E-state index in [4.69, 9.17) is 4.74 Å². The van der Waals surface area contributed by atoms with Gasteiger partial charge in [0, 0.05) is 37.4 Å². The number of hydrogen-bond donors (Lipinski definition) is 4. The van der Waals surface area contributed by atoms with Gasteiger partial charge in [-0.2, -0.15) is 0 Å². The number of aromatic hydroxyl groups is 1. The Morgan fingerprint density at radius 3 is 2.26 bits per heavy atom. The van der Waals surface area contributed by atoms with Crippen molar-refractivity contribution in [3.05, 3.63) is 81.8 Å². The van der Waals surface area contributed by atoms with Crippen molar-refractivity contribution < 1.29 is 38.9 Å². The number of amides is 3. The Hall–Kier alpha value is -4.82. The van der Waals surface area contributed by atoms with E-state index in [1.54, 1.807) is 29.3 Å². The summed E-state index contributed by atoms with van der Waals surface area (Å²) in [6.45, 7) is 11.9. The number of aliphatic carboxylic acids is 1. The van der Waals surface area contributed by atoms with Crippen LogP contribution in [0.4, 0.5) is 0 Å². The van der Waals surface area contributed by atoms with Crippen molar-refractivity contribution in [1.29, 1.82) is 0 Å². The van der Waals surface area contributed by atoms with Crippen LogP contribution in [0.3, 0.4) is 0 Å². The van der Waals surface area contributed by atoms with Gasteiger partial charge in [-0.15, -0.1) is 11.3 Å². The van der Waals surface area contributed by atoms with Crippen LogP contribution in [0.5, 0.6) is 5.75 Å². The lowest BCUT2D eigenvalue weighted by Crippen LogP contribution is -2.58.